The van der Waals surface area contributed by atoms with E-state index in [0.717, 1.165) is 25.7 Å². The number of halogens is 1. The Morgan fingerprint density at radius 3 is 2.62 bits per heavy atom. The molecule has 0 spiro atoms. The molecule has 1 aliphatic carbocycles. The number of nitro groups is 1. The SMILES string of the molecule is NC1CCC(n2cc(Cl)c([N+](=O)[O-])n2)CC1. The summed E-state index contributed by atoms with van der Waals surface area (Å²) in [6.45, 7) is 0. The minimum atomic E-state index is -0.562. The van der Waals surface area contributed by atoms with E-state index in [-0.39, 0.29) is 22.9 Å². The lowest BCUT2D eigenvalue weighted by atomic mass is 9.92. The third-order valence-electron chi connectivity index (χ3n) is 2.96. The van der Waals surface area contributed by atoms with E-state index in [1.807, 2.05) is 0 Å². The molecule has 16 heavy (non-hydrogen) atoms. The van der Waals surface area contributed by atoms with Gasteiger partial charge in [-0.25, -0.2) is 0 Å². The van der Waals surface area contributed by atoms with Crippen LogP contribution in [0.25, 0.3) is 0 Å². The molecule has 1 saturated carbocycles. The molecule has 0 aromatic carbocycles. The van der Waals surface area contributed by atoms with Crippen molar-refractivity contribution in [1.82, 2.24) is 9.78 Å². The van der Waals surface area contributed by atoms with E-state index in [1.165, 1.54) is 6.20 Å². The van der Waals surface area contributed by atoms with Crippen molar-refractivity contribution in [3.63, 3.8) is 0 Å². The summed E-state index contributed by atoms with van der Waals surface area (Å²) < 4.78 is 1.60. The zero-order chi connectivity index (χ0) is 11.7. The lowest BCUT2D eigenvalue weighted by Gasteiger charge is -2.24. The first-order chi connectivity index (χ1) is 7.58. The van der Waals surface area contributed by atoms with Crippen molar-refractivity contribution in [2.24, 2.45) is 5.73 Å². The van der Waals surface area contributed by atoms with Crippen molar-refractivity contribution < 1.29 is 4.92 Å². The second-order valence-electron chi connectivity index (χ2n) is 4.11. The van der Waals surface area contributed by atoms with Gasteiger partial charge >= 0.3 is 5.82 Å². The predicted molar refractivity (Wildman–Crippen MR) is 59.4 cm³/mol. The van der Waals surface area contributed by atoms with E-state index < -0.39 is 4.92 Å². The van der Waals surface area contributed by atoms with Crippen LogP contribution in [-0.2, 0) is 0 Å². The monoisotopic (exact) mass is 244 g/mol. The molecule has 0 aliphatic heterocycles. The largest absolute Gasteiger partial charge is 0.408 e. The van der Waals surface area contributed by atoms with E-state index >= 15 is 0 Å². The maximum absolute atomic E-state index is 10.6. The molecule has 1 aromatic rings. The van der Waals surface area contributed by atoms with Crippen molar-refractivity contribution in [3.05, 3.63) is 21.3 Å². The van der Waals surface area contributed by atoms with Crippen LogP contribution in [0, 0.1) is 10.1 Å². The van der Waals surface area contributed by atoms with Gasteiger partial charge in [0.1, 0.15) is 0 Å². The van der Waals surface area contributed by atoms with Crippen molar-refractivity contribution in [3.8, 4) is 0 Å². The molecule has 0 atom stereocenters. The summed E-state index contributed by atoms with van der Waals surface area (Å²) in [7, 11) is 0. The Kier molecular flexibility index (Phi) is 3.11. The molecule has 0 unspecified atom stereocenters. The fourth-order valence-corrected chi connectivity index (χ4v) is 2.24. The van der Waals surface area contributed by atoms with Gasteiger partial charge in [-0.3, -0.25) is 0 Å². The first kappa shape index (κ1) is 11.3. The highest BCUT2D eigenvalue weighted by Crippen LogP contribution is 2.30. The van der Waals surface area contributed by atoms with Crippen LogP contribution in [0.4, 0.5) is 5.82 Å². The Morgan fingerprint density at radius 1 is 1.50 bits per heavy atom. The third kappa shape index (κ3) is 2.17. The highest BCUT2D eigenvalue weighted by Gasteiger charge is 2.26. The molecular weight excluding hydrogens is 232 g/mol. The van der Waals surface area contributed by atoms with E-state index in [9.17, 15) is 10.1 Å². The highest BCUT2D eigenvalue weighted by molar-refractivity contribution is 6.32. The van der Waals surface area contributed by atoms with Gasteiger partial charge in [0.05, 0.1) is 17.3 Å². The Labute approximate surface area is 97.5 Å². The standard InChI is InChI=1S/C9H13ClN4O2/c10-8-5-13(12-9(8)14(15)16)7-3-1-6(11)2-4-7/h5-7H,1-4,11H2. The predicted octanol–water partition coefficient (Wildman–Crippen LogP) is 1.89. The molecule has 2 rings (SSSR count). The first-order valence-corrected chi connectivity index (χ1v) is 5.60. The average molecular weight is 245 g/mol. The molecule has 1 aliphatic rings. The van der Waals surface area contributed by atoms with Crippen LogP contribution in [0.5, 0.6) is 0 Å². The summed E-state index contributed by atoms with van der Waals surface area (Å²) in [6.07, 6.45) is 5.18. The molecule has 7 heteroatoms. The number of rotatable bonds is 2. The van der Waals surface area contributed by atoms with Gasteiger partial charge in [-0.2, -0.15) is 4.68 Å². The van der Waals surface area contributed by atoms with Crippen molar-refractivity contribution in [1.29, 1.82) is 0 Å². The van der Waals surface area contributed by atoms with Gasteiger partial charge in [-0.1, -0.05) is 11.6 Å². The van der Waals surface area contributed by atoms with Gasteiger partial charge in [0.25, 0.3) is 0 Å². The Balaban J connectivity index is 2.15. The normalized spacial score (nSPS) is 25.6. The average Bonchev–Trinajstić information content (AvgIpc) is 2.61. The van der Waals surface area contributed by atoms with Crippen LogP contribution in [0.2, 0.25) is 5.02 Å². The third-order valence-corrected chi connectivity index (χ3v) is 3.22. The summed E-state index contributed by atoms with van der Waals surface area (Å²) in [5.74, 6) is -0.267. The van der Waals surface area contributed by atoms with Crippen LogP contribution in [0.1, 0.15) is 31.7 Å². The molecular formula is C9H13ClN4O2. The summed E-state index contributed by atoms with van der Waals surface area (Å²) in [4.78, 5) is 10.0. The number of hydrogen-bond donors (Lipinski definition) is 1. The summed E-state index contributed by atoms with van der Waals surface area (Å²) in [5, 5.41) is 14.6. The minimum Gasteiger partial charge on any atom is -0.358 e. The molecule has 0 amide bonds. The van der Waals surface area contributed by atoms with Crippen LogP contribution in [0.15, 0.2) is 6.20 Å². The second-order valence-corrected chi connectivity index (χ2v) is 4.51. The van der Waals surface area contributed by atoms with Gasteiger partial charge < -0.3 is 15.8 Å². The van der Waals surface area contributed by atoms with Crippen molar-refractivity contribution >= 4 is 17.4 Å². The van der Waals surface area contributed by atoms with Crippen molar-refractivity contribution in [2.45, 2.75) is 37.8 Å². The van der Waals surface area contributed by atoms with Crippen LogP contribution >= 0.6 is 11.6 Å². The minimum absolute atomic E-state index is 0.0971. The topological polar surface area (TPSA) is 87.0 Å². The molecule has 0 saturated heterocycles. The molecule has 88 valence electrons. The summed E-state index contributed by atoms with van der Waals surface area (Å²) in [5.41, 5.74) is 5.79. The molecule has 1 heterocycles. The molecule has 0 radical (unpaired) electrons. The molecule has 1 aromatic heterocycles. The van der Waals surface area contributed by atoms with E-state index in [0.29, 0.717) is 0 Å². The molecule has 1 fully saturated rings. The fourth-order valence-electron chi connectivity index (χ4n) is 2.04. The fraction of sp³-hybridized carbons (Fsp3) is 0.667. The van der Waals surface area contributed by atoms with Gasteiger partial charge in [-0.05, 0) is 30.6 Å². The quantitative estimate of drug-likeness (QED) is 0.636. The lowest BCUT2D eigenvalue weighted by Crippen LogP contribution is -2.28. The highest BCUT2D eigenvalue weighted by atomic mass is 35.5. The molecule has 0 bridgehead atoms. The number of nitrogens with zero attached hydrogens (tertiary/aromatic N) is 3. The number of nitrogens with two attached hydrogens (primary N) is 1. The zero-order valence-electron chi connectivity index (χ0n) is 8.67. The number of aromatic nitrogens is 2. The Bertz CT molecular complexity index is 398. The Hall–Kier alpha value is -1.14. The Morgan fingerprint density at radius 2 is 2.12 bits per heavy atom. The lowest BCUT2D eigenvalue weighted by molar-refractivity contribution is -0.389. The van der Waals surface area contributed by atoms with E-state index in [1.54, 1.807) is 4.68 Å². The number of hydrogen-bond acceptors (Lipinski definition) is 4. The first-order valence-electron chi connectivity index (χ1n) is 5.22. The maximum atomic E-state index is 10.6. The molecule has 2 N–H and O–H groups in total. The summed E-state index contributed by atoms with van der Waals surface area (Å²) in [6, 6.07) is 0.434. The van der Waals surface area contributed by atoms with Gasteiger partial charge in [0, 0.05) is 6.04 Å². The van der Waals surface area contributed by atoms with E-state index in [2.05, 4.69) is 5.10 Å². The smallest absolute Gasteiger partial charge is 0.358 e. The second kappa shape index (κ2) is 4.39. The maximum Gasteiger partial charge on any atom is 0.408 e. The zero-order valence-corrected chi connectivity index (χ0v) is 9.43. The van der Waals surface area contributed by atoms with Gasteiger partial charge in [0.2, 0.25) is 0 Å². The van der Waals surface area contributed by atoms with Gasteiger partial charge in [0.15, 0.2) is 5.02 Å². The van der Waals surface area contributed by atoms with Crippen LogP contribution in [0.3, 0.4) is 0 Å². The van der Waals surface area contributed by atoms with Crippen LogP contribution in [-0.4, -0.2) is 20.7 Å². The summed E-state index contributed by atoms with van der Waals surface area (Å²) >= 11 is 5.74. The van der Waals surface area contributed by atoms with Crippen LogP contribution < -0.4 is 5.73 Å². The van der Waals surface area contributed by atoms with E-state index in [4.69, 9.17) is 17.3 Å². The van der Waals surface area contributed by atoms with Crippen molar-refractivity contribution in [2.75, 3.05) is 0 Å². The van der Waals surface area contributed by atoms with Gasteiger partial charge in [-0.15, -0.1) is 0 Å². The molecule has 6 nitrogen and oxygen atoms in total.